The van der Waals surface area contributed by atoms with Gasteiger partial charge in [-0.15, -0.1) is 0 Å². The van der Waals surface area contributed by atoms with Gasteiger partial charge in [0.2, 0.25) is 5.95 Å². The number of fused-ring (bicyclic) bond motifs is 1. The first-order chi connectivity index (χ1) is 15.2. The molecule has 1 aliphatic heterocycles. The number of nitrogens with one attached hydrogen (secondary N) is 2. The Balaban J connectivity index is 1.48. The van der Waals surface area contributed by atoms with Crippen molar-refractivity contribution in [1.82, 2.24) is 29.9 Å². The molecule has 31 heavy (non-hydrogen) atoms. The molecule has 1 saturated carbocycles. The molecule has 0 spiro atoms. The quantitative estimate of drug-likeness (QED) is 0.648. The molecule has 0 bridgehead atoms. The van der Waals surface area contributed by atoms with Crippen LogP contribution in [0.25, 0.3) is 17.0 Å². The van der Waals surface area contributed by atoms with E-state index in [2.05, 4.69) is 25.6 Å². The predicted molar refractivity (Wildman–Crippen MR) is 116 cm³/mol. The van der Waals surface area contributed by atoms with Crippen LogP contribution in [0, 0.1) is 0 Å². The van der Waals surface area contributed by atoms with E-state index < -0.39 is 6.17 Å². The molecule has 0 aromatic carbocycles. The minimum Gasteiger partial charge on any atom is -0.495 e. The van der Waals surface area contributed by atoms with Crippen LogP contribution in [0.1, 0.15) is 50.1 Å². The van der Waals surface area contributed by atoms with Crippen molar-refractivity contribution < 1.29 is 9.13 Å². The van der Waals surface area contributed by atoms with E-state index in [9.17, 15) is 4.39 Å². The van der Waals surface area contributed by atoms with Gasteiger partial charge < -0.3 is 15.4 Å². The highest BCUT2D eigenvalue weighted by Crippen LogP contribution is 2.37. The maximum absolute atomic E-state index is 14.2. The first-order valence-corrected chi connectivity index (χ1v) is 11.1. The molecule has 3 aromatic rings. The minimum atomic E-state index is -0.920. The summed E-state index contributed by atoms with van der Waals surface area (Å²) in [5.41, 5.74) is 3.16. The van der Waals surface area contributed by atoms with Crippen LogP contribution >= 0.6 is 0 Å². The van der Waals surface area contributed by atoms with Crippen molar-refractivity contribution >= 4 is 11.6 Å². The number of halogens is 1. The number of methoxy groups -OCH3 is 1. The Morgan fingerprint density at radius 1 is 1.19 bits per heavy atom. The Morgan fingerprint density at radius 3 is 2.87 bits per heavy atom. The Bertz CT molecular complexity index is 1050. The summed E-state index contributed by atoms with van der Waals surface area (Å²) in [4.78, 5) is 13.4. The van der Waals surface area contributed by atoms with E-state index in [1.54, 1.807) is 19.5 Å². The van der Waals surface area contributed by atoms with Crippen molar-refractivity contribution in [2.45, 2.75) is 56.7 Å². The van der Waals surface area contributed by atoms with E-state index in [0.717, 1.165) is 30.0 Å². The standard InChI is InChI=1S/C22H28FN7O/c1-31-19-11-20-26-13-18(30(20)29-21(19)14-5-3-2-4-6-14)16-8-10-25-22(27-16)28-17-12-24-9-7-15(17)23/h8,10-11,13-15,17,24H,2-7,9,12H2,1H3,(H,25,27,28). The molecule has 2 fully saturated rings. The van der Waals surface area contributed by atoms with Gasteiger partial charge in [0.1, 0.15) is 23.3 Å². The van der Waals surface area contributed by atoms with Crippen molar-refractivity contribution in [2.75, 3.05) is 25.5 Å². The second kappa shape index (κ2) is 8.74. The van der Waals surface area contributed by atoms with Gasteiger partial charge in [0, 0.05) is 24.7 Å². The molecule has 5 rings (SSSR count). The van der Waals surface area contributed by atoms with Gasteiger partial charge in [0.25, 0.3) is 0 Å². The summed E-state index contributed by atoms with van der Waals surface area (Å²) < 4.78 is 21.7. The van der Waals surface area contributed by atoms with E-state index in [-0.39, 0.29) is 6.04 Å². The molecular weight excluding hydrogens is 397 g/mol. The summed E-state index contributed by atoms with van der Waals surface area (Å²) in [5, 5.41) is 11.3. The lowest BCUT2D eigenvalue weighted by Crippen LogP contribution is -2.46. The maximum Gasteiger partial charge on any atom is 0.223 e. The van der Waals surface area contributed by atoms with Gasteiger partial charge >= 0.3 is 0 Å². The van der Waals surface area contributed by atoms with Crippen LogP contribution in [0.2, 0.25) is 0 Å². The van der Waals surface area contributed by atoms with Crippen LogP contribution in [0.4, 0.5) is 10.3 Å². The molecule has 4 heterocycles. The van der Waals surface area contributed by atoms with Gasteiger partial charge in [-0.1, -0.05) is 19.3 Å². The highest BCUT2D eigenvalue weighted by atomic mass is 19.1. The van der Waals surface area contributed by atoms with Crippen LogP contribution in [-0.4, -0.2) is 57.0 Å². The topological polar surface area (TPSA) is 89.3 Å². The number of hydrogen-bond donors (Lipinski definition) is 2. The number of anilines is 1. The lowest BCUT2D eigenvalue weighted by atomic mass is 9.86. The zero-order valence-electron chi connectivity index (χ0n) is 17.7. The fraction of sp³-hybridized carbons (Fsp3) is 0.545. The Hall–Kier alpha value is -2.81. The summed E-state index contributed by atoms with van der Waals surface area (Å²) in [6, 6.07) is 3.43. The third-order valence-corrected chi connectivity index (χ3v) is 6.33. The van der Waals surface area contributed by atoms with E-state index in [0.29, 0.717) is 42.7 Å². The van der Waals surface area contributed by atoms with Crippen molar-refractivity contribution in [3.05, 3.63) is 30.2 Å². The average molecular weight is 426 g/mol. The predicted octanol–water partition coefficient (Wildman–Crippen LogP) is 3.35. The molecule has 3 aromatic heterocycles. The molecule has 1 saturated heterocycles. The number of aromatic nitrogens is 5. The van der Waals surface area contributed by atoms with E-state index >= 15 is 0 Å². The second-order valence-electron chi connectivity index (χ2n) is 8.37. The van der Waals surface area contributed by atoms with Gasteiger partial charge in [-0.2, -0.15) is 5.10 Å². The summed E-state index contributed by atoms with van der Waals surface area (Å²) in [5.74, 6) is 1.59. The minimum absolute atomic E-state index is 0.341. The summed E-state index contributed by atoms with van der Waals surface area (Å²) in [6.07, 6.45) is 8.98. The van der Waals surface area contributed by atoms with Gasteiger partial charge in [-0.05, 0) is 31.9 Å². The highest BCUT2D eigenvalue weighted by molar-refractivity contribution is 5.61. The van der Waals surface area contributed by atoms with E-state index in [1.165, 1.54) is 19.3 Å². The van der Waals surface area contributed by atoms with E-state index in [1.807, 2.05) is 16.6 Å². The molecule has 2 N–H and O–H groups in total. The van der Waals surface area contributed by atoms with Gasteiger partial charge in [0.15, 0.2) is 5.65 Å². The number of hydrogen-bond acceptors (Lipinski definition) is 7. The second-order valence-corrected chi connectivity index (χ2v) is 8.37. The lowest BCUT2D eigenvalue weighted by molar-refractivity contribution is 0.240. The molecular formula is C22H28FN7O. The van der Waals surface area contributed by atoms with Crippen LogP contribution < -0.4 is 15.4 Å². The fourth-order valence-electron chi connectivity index (χ4n) is 4.61. The Morgan fingerprint density at radius 2 is 2.06 bits per heavy atom. The number of piperidine rings is 1. The Labute approximate surface area is 180 Å². The third-order valence-electron chi connectivity index (χ3n) is 6.33. The van der Waals surface area contributed by atoms with Crippen molar-refractivity contribution in [3.8, 4) is 17.1 Å². The molecule has 2 aliphatic rings. The largest absolute Gasteiger partial charge is 0.495 e. The number of rotatable bonds is 5. The number of nitrogens with zero attached hydrogens (tertiary/aromatic N) is 5. The lowest BCUT2D eigenvalue weighted by Gasteiger charge is -2.27. The van der Waals surface area contributed by atoms with Crippen molar-refractivity contribution in [3.63, 3.8) is 0 Å². The van der Waals surface area contributed by atoms with Crippen molar-refractivity contribution in [2.24, 2.45) is 0 Å². The van der Waals surface area contributed by atoms with Gasteiger partial charge in [-0.3, -0.25) is 0 Å². The SMILES string of the molecule is COc1cc2ncc(-c3ccnc(NC4CNCCC4F)n3)n2nc1C1CCCCC1. The van der Waals surface area contributed by atoms with E-state index in [4.69, 9.17) is 9.84 Å². The molecule has 164 valence electrons. The number of alkyl halides is 1. The molecule has 1 aliphatic carbocycles. The maximum atomic E-state index is 14.2. The molecule has 9 heteroatoms. The average Bonchev–Trinajstić information content (AvgIpc) is 3.23. The summed E-state index contributed by atoms with van der Waals surface area (Å²) >= 11 is 0. The first-order valence-electron chi connectivity index (χ1n) is 11.1. The number of imidazole rings is 1. The first kappa shape index (κ1) is 20.1. The molecule has 2 atom stereocenters. The van der Waals surface area contributed by atoms with Crippen LogP contribution in [0.5, 0.6) is 5.75 Å². The fourth-order valence-corrected chi connectivity index (χ4v) is 4.61. The smallest absolute Gasteiger partial charge is 0.223 e. The zero-order valence-corrected chi connectivity index (χ0v) is 17.7. The molecule has 2 unspecified atom stereocenters. The van der Waals surface area contributed by atoms with Crippen LogP contribution in [0.15, 0.2) is 24.5 Å². The van der Waals surface area contributed by atoms with Crippen LogP contribution in [-0.2, 0) is 0 Å². The number of ether oxygens (including phenoxy) is 1. The summed E-state index contributed by atoms with van der Waals surface area (Å²) in [7, 11) is 1.68. The highest BCUT2D eigenvalue weighted by Gasteiger charge is 2.26. The third kappa shape index (κ3) is 4.06. The van der Waals surface area contributed by atoms with Crippen molar-refractivity contribution in [1.29, 1.82) is 0 Å². The monoisotopic (exact) mass is 425 g/mol. The van der Waals surface area contributed by atoms with Crippen LogP contribution in [0.3, 0.4) is 0 Å². The molecule has 0 amide bonds. The van der Waals surface area contributed by atoms with Gasteiger partial charge in [0.05, 0.1) is 25.0 Å². The van der Waals surface area contributed by atoms with Gasteiger partial charge in [-0.25, -0.2) is 23.9 Å². The summed E-state index contributed by atoms with van der Waals surface area (Å²) in [6.45, 7) is 1.25. The molecule has 8 nitrogen and oxygen atoms in total. The molecule has 0 radical (unpaired) electrons. The normalized spacial score (nSPS) is 22.5. The zero-order chi connectivity index (χ0) is 21.2. The Kier molecular flexibility index (Phi) is 5.67.